The van der Waals surface area contributed by atoms with Crippen LogP contribution in [-0.4, -0.2) is 74.0 Å². The molecule has 32 heavy (non-hydrogen) atoms. The van der Waals surface area contributed by atoms with Crippen molar-refractivity contribution in [2.75, 3.05) is 45.8 Å². The fraction of sp³-hybridized carbons (Fsp3) is 0.524. The van der Waals surface area contributed by atoms with E-state index in [0.717, 1.165) is 22.1 Å². The molecule has 0 radical (unpaired) electrons. The molecule has 0 saturated carbocycles. The smallest absolute Gasteiger partial charge is 0.243 e. The summed E-state index contributed by atoms with van der Waals surface area (Å²) in [6.07, 6.45) is 0. The third-order valence-corrected chi connectivity index (χ3v) is 8.18. The molecule has 1 aromatic heterocycles. The predicted molar refractivity (Wildman–Crippen MR) is 122 cm³/mol. The number of ether oxygens (including phenoxy) is 2. The third-order valence-electron chi connectivity index (χ3n) is 5.29. The minimum Gasteiger partial charge on any atom is -0.383 e. The number of aromatic nitrogens is 2. The number of amides is 1. The van der Waals surface area contributed by atoms with Crippen LogP contribution in [-0.2, 0) is 37.4 Å². The molecule has 2 heterocycles. The summed E-state index contributed by atoms with van der Waals surface area (Å²) in [5, 5.41) is 3.67. The van der Waals surface area contributed by atoms with Gasteiger partial charge in [-0.05, 0) is 31.5 Å². The highest BCUT2D eigenvalue weighted by molar-refractivity contribution is 7.99. The van der Waals surface area contributed by atoms with Crippen LogP contribution >= 0.6 is 11.8 Å². The molecule has 1 aromatic carbocycles. The third kappa shape index (κ3) is 6.10. The lowest BCUT2D eigenvalue weighted by atomic mass is 10.2. The highest BCUT2D eigenvalue weighted by Crippen LogP contribution is 2.21. The fourth-order valence-electron chi connectivity index (χ4n) is 3.28. The molecule has 1 N–H and O–H groups in total. The number of morpholine rings is 1. The van der Waals surface area contributed by atoms with Crippen LogP contribution in [0.2, 0.25) is 0 Å². The minimum absolute atomic E-state index is 0.114. The first-order valence-corrected chi connectivity index (χ1v) is 12.8. The van der Waals surface area contributed by atoms with Gasteiger partial charge in [0.05, 0.1) is 36.2 Å². The van der Waals surface area contributed by atoms with Crippen molar-refractivity contribution in [2.45, 2.75) is 37.0 Å². The molecule has 0 bridgehead atoms. The molecule has 0 aliphatic carbocycles. The van der Waals surface area contributed by atoms with Crippen molar-refractivity contribution >= 4 is 27.7 Å². The van der Waals surface area contributed by atoms with Crippen molar-refractivity contribution in [3.8, 4) is 0 Å². The Morgan fingerprint density at radius 2 is 1.91 bits per heavy atom. The summed E-state index contributed by atoms with van der Waals surface area (Å²) in [5.41, 5.74) is 2.84. The number of hydrogen-bond donors (Lipinski definition) is 1. The second-order valence-corrected chi connectivity index (χ2v) is 10.3. The molecule has 2 aromatic rings. The molecule has 0 spiro atoms. The van der Waals surface area contributed by atoms with Gasteiger partial charge in [0, 0.05) is 39.0 Å². The maximum Gasteiger partial charge on any atom is 0.243 e. The molecule has 11 heteroatoms. The lowest BCUT2D eigenvalue weighted by Gasteiger charge is -2.26. The Morgan fingerprint density at radius 3 is 2.56 bits per heavy atom. The molecule has 1 amide bonds. The molecular weight excluding hydrogens is 452 g/mol. The standard InChI is InChI=1S/C21H30N4O5S2/c1-16-17(2)25(10-11-29-3)21(23-16)31-15-20(26)22-14-18-4-6-19(7-5-18)32(27,28)24-8-12-30-13-9-24/h4-7H,8-15H2,1-3H3,(H,22,26). The van der Waals surface area contributed by atoms with Crippen molar-refractivity contribution in [3.63, 3.8) is 0 Å². The van der Waals surface area contributed by atoms with Crippen LogP contribution in [0.1, 0.15) is 17.0 Å². The summed E-state index contributed by atoms with van der Waals surface area (Å²) in [7, 11) is -1.86. The van der Waals surface area contributed by atoms with Crippen molar-refractivity contribution in [1.82, 2.24) is 19.2 Å². The van der Waals surface area contributed by atoms with E-state index in [0.29, 0.717) is 46.0 Å². The minimum atomic E-state index is -3.52. The normalized spacial score (nSPS) is 15.1. The number of nitrogens with zero attached hydrogens (tertiary/aromatic N) is 3. The number of aryl methyl sites for hydroxylation is 1. The number of nitrogens with one attached hydrogen (secondary N) is 1. The average Bonchev–Trinajstić information content (AvgIpc) is 3.08. The zero-order valence-corrected chi connectivity index (χ0v) is 20.3. The largest absolute Gasteiger partial charge is 0.383 e. The van der Waals surface area contributed by atoms with Gasteiger partial charge < -0.3 is 19.4 Å². The zero-order chi connectivity index (χ0) is 23.1. The van der Waals surface area contributed by atoms with Crippen LogP contribution in [0.25, 0.3) is 0 Å². The van der Waals surface area contributed by atoms with Crippen molar-refractivity contribution in [1.29, 1.82) is 0 Å². The van der Waals surface area contributed by atoms with Gasteiger partial charge in [0.25, 0.3) is 0 Å². The molecule has 1 aliphatic rings. The van der Waals surface area contributed by atoms with E-state index in [4.69, 9.17) is 9.47 Å². The van der Waals surface area contributed by atoms with E-state index in [2.05, 4.69) is 14.9 Å². The Kier molecular flexibility index (Phi) is 8.72. The average molecular weight is 483 g/mol. The van der Waals surface area contributed by atoms with Gasteiger partial charge in [0.15, 0.2) is 5.16 Å². The Labute approximate surface area is 193 Å². The van der Waals surface area contributed by atoms with Crippen LogP contribution < -0.4 is 5.32 Å². The number of sulfonamides is 1. The highest BCUT2D eigenvalue weighted by Gasteiger charge is 2.26. The molecular formula is C21H30N4O5S2. The van der Waals surface area contributed by atoms with Crippen molar-refractivity contribution < 1.29 is 22.7 Å². The second-order valence-electron chi connectivity index (χ2n) is 7.44. The van der Waals surface area contributed by atoms with Gasteiger partial charge >= 0.3 is 0 Å². The summed E-state index contributed by atoms with van der Waals surface area (Å²) in [4.78, 5) is 17.1. The number of rotatable bonds is 10. The Balaban J connectivity index is 1.52. The SMILES string of the molecule is COCCn1c(SCC(=O)NCc2ccc(S(=O)(=O)N3CCOCC3)cc2)nc(C)c1C. The molecule has 1 saturated heterocycles. The zero-order valence-electron chi connectivity index (χ0n) is 18.7. The molecule has 176 valence electrons. The summed E-state index contributed by atoms with van der Waals surface area (Å²) < 4.78 is 39.2. The molecule has 3 rings (SSSR count). The van der Waals surface area contributed by atoms with Crippen LogP contribution in [0.15, 0.2) is 34.3 Å². The Bertz CT molecular complexity index is 1020. The summed E-state index contributed by atoms with van der Waals surface area (Å²) >= 11 is 1.39. The van der Waals surface area contributed by atoms with Crippen LogP contribution in [0.5, 0.6) is 0 Å². The fourth-order valence-corrected chi connectivity index (χ4v) is 5.63. The van der Waals surface area contributed by atoms with E-state index in [1.165, 1.54) is 16.1 Å². The number of methoxy groups -OCH3 is 1. The Hall–Kier alpha value is -1.92. The number of thioether (sulfide) groups is 1. The van der Waals surface area contributed by atoms with Gasteiger partial charge in [0.1, 0.15) is 0 Å². The predicted octanol–water partition coefficient (Wildman–Crippen LogP) is 1.58. The molecule has 1 fully saturated rings. The first-order chi connectivity index (χ1) is 15.3. The molecule has 1 aliphatic heterocycles. The highest BCUT2D eigenvalue weighted by atomic mass is 32.2. The van der Waals surface area contributed by atoms with Gasteiger partial charge in [-0.3, -0.25) is 4.79 Å². The van der Waals surface area contributed by atoms with Crippen molar-refractivity contribution in [3.05, 3.63) is 41.2 Å². The summed E-state index contributed by atoms with van der Waals surface area (Å²) in [6, 6.07) is 6.62. The van der Waals surface area contributed by atoms with Crippen molar-refractivity contribution in [2.24, 2.45) is 0 Å². The lowest BCUT2D eigenvalue weighted by Crippen LogP contribution is -2.40. The van der Waals surface area contributed by atoms with Gasteiger partial charge in [-0.1, -0.05) is 23.9 Å². The number of imidazole rings is 1. The van der Waals surface area contributed by atoms with E-state index in [-0.39, 0.29) is 16.6 Å². The van der Waals surface area contributed by atoms with Gasteiger partial charge in [0.2, 0.25) is 15.9 Å². The maximum atomic E-state index is 12.7. The topological polar surface area (TPSA) is 103 Å². The van der Waals surface area contributed by atoms with Gasteiger partial charge in [-0.15, -0.1) is 0 Å². The molecule has 0 atom stereocenters. The van der Waals surface area contributed by atoms with E-state index in [1.807, 2.05) is 13.8 Å². The summed E-state index contributed by atoms with van der Waals surface area (Å²) in [5.74, 6) is 0.128. The van der Waals surface area contributed by atoms with Gasteiger partial charge in [-0.2, -0.15) is 4.31 Å². The monoisotopic (exact) mass is 482 g/mol. The maximum absolute atomic E-state index is 12.7. The van der Waals surface area contributed by atoms with Crippen LogP contribution in [0.4, 0.5) is 0 Å². The number of benzene rings is 1. The lowest BCUT2D eigenvalue weighted by molar-refractivity contribution is -0.118. The number of carbonyl (C=O) groups excluding carboxylic acids is 1. The number of hydrogen-bond acceptors (Lipinski definition) is 7. The van der Waals surface area contributed by atoms with Crippen LogP contribution in [0, 0.1) is 13.8 Å². The molecule has 0 unspecified atom stereocenters. The van der Waals surface area contributed by atoms with E-state index < -0.39 is 10.0 Å². The molecule has 9 nitrogen and oxygen atoms in total. The van der Waals surface area contributed by atoms with Crippen LogP contribution in [0.3, 0.4) is 0 Å². The Morgan fingerprint density at radius 1 is 1.22 bits per heavy atom. The first-order valence-electron chi connectivity index (χ1n) is 10.4. The number of carbonyl (C=O) groups is 1. The second kappa shape index (κ2) is 11.3. The first kappa shape index (κ1) is 24.7. The summed E-state index contributed by atoms with van der Waals surface area (Å²) in [6.45, 7) is 7.09. The quantitative estimate of drug-likeness (QED) is 0.513. The van der Waals surface area contributed by atoms with E-state index in [9.17, 15) is 13.2 Å². The van der Waals surface area contributed by atoms with Gasteiger partial charge in [-0.25, -0.2) is 13.4 Å². The van der Waals surface area contributed by atoms with E-state index >= 15 is 0 Å². The van der Waals surface area contributed by atoms with E-state index in [1.54, 1.807) is 31.4 Å².